The van der Waals surface area contributed by atoms with Gasteiger partial charge < -0.3 is 9.64 Å². The average molecular weight is 824 g/mol. The van der Waals surface area contributed by atoms with Crippen molar-refractivity contribution >= 4 is 11.8 Å². The van der Waals surface area contributed by atoms with E-state index >= 15 is 0 Å². The highest BCUT2D eigenvalue weighted by molar-refractivity contribution is 8.00. The van der Waals surface area contributed by atoms with Gasteiger partial charge in [-0.25, -0.2) is 0 Å². The summed E-state index contributed by atoms with van der Waals surface area (Å²) in [5, 5.41) is 14.9. The zero-order valence-electron chi connectivity index (χ0n) is 37.0. The summed E-state index contributed by atoms with van der Waals surface area (Å²) < 4.78 is 6.89. The fraction of sp³-hybridized carbons (Fsp3) is 0.885. The molecular weight excluding hydrogens is 743 g/mol. The third-order valence-electron chi connectivity index (χ3n) is 19.5. The first kappa shape index (κ1) is 39.6. The number of nitrogens with zero attached hydrogens (tertiary/aromatic N) is 2. The first-order chi connectivity index (χ1) is 29.2. The zero-order chi connectivity index (χ0) is 39.0. The maximum Gasteiger partial charge on any atom is 0.102 e. The Morgan fingerprint density at radius 3 is 2.12 bits per heavy atom. The Labute approximate surface area is 363 Å². The van der Waals surface area contributed by atoms with Crippen LogP contribution in [-0.4, -0.2) is 75.1 Å². The highest BCUT2D eigenvalue weighted by Gasteiger charge is 2.54. The van der Waals surface area contributed by atoms with Crippen molar-refractivity contribution < 1.29 is 4.74 Å². The molecule has 326 valence electrons. The van der Waals surface area contributed by atoms with Crippen LogP contribution in [0.2, 0.25) is 0 Å². The Hall–Kier alpha value is -0.990. The molecule has 0 radical (unpaired) electrons. The summed E-state index contributed by atoms with van der Waals surface area (Å²) in [6, 6.07) is 3.42. The Morgan fingerprint density at radius 1 is 0.593 bits per heavy atom. The Kier molecular flexibility index (Phi) is 11.3. The van der Waals surface area contributed by atoms with E-state index in [2.05, 4.69) is 56.6 Å². The van der Waals surface area contributed by atoms with Gasteiger partial charge in [0.1, 0.15) is 6.10 Å². The van der Waals surface area contributed by atoms with Crippen molar-refractivity contribution in [1.29, 1.82) is 0 Å². The molecule has 4 aliphatic heterocycles. The van der Waals surface area contributed by atoms with Gasteiger partial charge in [-0.1, -0.05) is 77.2 Å². The van der Waals surface area contributed by atoms with Gasteiger partial charge in [0.15, 0.2) is 0 Å². The van der Waals surface area contributed by atoms with Gasteiger partial charge in [-0.2, -0.15) is 11.8 Å². The third-order valence-corrected chi connectivity index (χ3v) is 21.3. The predicted octanol–water partition coefficient (Wildman–Crippen LogP) is 10.9. The highest BCUT2D eigenvalue weighted by atomic mass is 32.2. The van der Waals surface area contributed by atoms with E-state index in [1.807, 2.05) is 11.3 Å². The van der Waals surface area contributed by atoms with Gasteiger partial charge in [-0.3, -0.25) is 20.9 Å². The van der Waals surface area contributed by atoms with Crippen molar-refractivity contribution in [2.45, 2.75) is 252 Å². The van der Waals surface area contributed by atoms with Gasteiger partial charge >= 0.3 is 0 Å². The maximum atomic E-state index is 6.89. The van der Waals surface area contributed by atoms with Crippen LogP contribution in [0.3, 0.4) is 0 Å². The number of hydrogen-bond donors (Lipinski definition) is 3. The van der Waals surface area contributed by atoms with Gasteiger partial charge in [0.2, 0.25) is 0 Å². The first-order valence-electron chi connectivity index (χ1n) is 26.5. The third kappa shape index (κ3) is 7.18. The van der Waals surface area contributed by atoms with Crippen LogP contribution < -0.4 is 16.0 Å². The van der Waals surface area contributed by atoms with Gasteiger partial charge in [0, 0.05) is 70.1 Å². The summed E-state index contributed by atoms with van der Waals surface area (Å²) in [5.41, 5.74) is 5.54. The number of ether oxygens (including phenoxy) is 1. The van der Waals surface area contributed by atoms with Crippen LogP contribution in [0.25, 0.3) is 0 Å². The fourth-order valence-corrected chi connectivity index (χ4v) is 18.7. The molecule has 0 amide bonds. The molecule has 12 rings (SSSR count). The monoisotopic (exact) mass is 824 g/mol. The smallest absolute Gasteiger partial charge is 0.102 e. The standard InChI is InChI=1S/C52H81N5OS/c1-32-29-39(52-54-50(33-15-3-2-4-16-33)53-51(55-52)34-27-28-38-37-19-7-12-24-46(37)58-47(38)30-34)45(57-42-22-10-13-25-48(42)59-49-26-14-11-23-43(49)57)31-44(32)56-40-20-8-5-17-35(40)36-18-6-9-21-41(36)56/h29-30,32-35,37-38,40,42-46,48-55H,2-28,31H2,1H3. The molecule has 0 spiro atoms. The molecule has 8 aliphatic carbocycles. The molecule has 4 heterocycles. The first-order valence-corrected chi connectivity index (χ1v) is 27.4. The lowest BCUT2D eigenvalue weighted by molar-refractivity contribution is 0.00955. The second-order valence-electron chi connectivity index (χ2n) is 22.6. The summed E-state index contributed by atoms with van der Waals surface area (Å²) in [5.74, 6) is 5.49. The molecule has 7 heteroatoms. The molecule has 16 atom stereocenters. The minimum atomic E-state index is 0.230. The highest BCUT2D eigenvalue weighted by Crippen LogP contribution is 2.54. The maximum absolute atomic E-state index is 6.89. The minimum absolute atomic E-state index is 0.230. The Bertz CT molecular complexity index is 1600. The van der Waals surface area contributed by atoms with E-state index in [1.54, 1.807) is 5.57 Å². The van der Waals surface area contributed by atoms with E-state index < -0.39 is 0 Å². The van der Waals surface area contributed by atoms with E-state index in [0.717, 1.165) is 46.4 Å². The van der Waals surface area contributed by atoms with Crippen LogP contribution in [0.1, 0.15) is 187 Å². The Balaban J connectivity index is 0.921. The van der Waals surface area contributed by atoms with Crippen LogP contribution in [0.4, 0.5) is 0 Å². The molecule has 0 aromatic rings. The summed E-state index contributed by atoms with van der Waals surface area (Å²) in [4.78, 5) is 6.52. The summed E-state index contributed by atoms with van der Waals surface area (Å²) in [6.07, 6.45) is 46.2. The van der Waals surface area contributed by atoms with Crippen LogP contribution in [0.5, 0.6) is 0 Å². The molecule has 0 bridgehead atoms. The molecule has 0 aromatic carbocycles. The number of thioether (sulfide) groups is 1. The van der Waals surface area contributed by atoms with Gasteiger partial charge in [0.25, 0.3) is 0 Å². The second kappa shape index (κ2) is 16.9. The lowest BCUT2D eigenvalue weighted by atomic mass is 9.73. The lowest BCUT2D eigenvalue weighted by Gasteiger charge is -2.59. The van der Waals surface area contributed by atoms with E-state index in [4.69, 9.17) is 4.74 Å². The molecule has 8 fully saturated rings. The molecular formula is C52H81N5OS. The van der Waals surface area contributed by atoms with Crippen molar-refractivity contribution in [3.63, 3.8) is 0 Å². The SMILES string of the molecule is CC1C=C(C2NC(C3C=C4OC5CCCCC5C4CC3)NC(C3CCCCC3)N2)C(N2C3CCCCC3SC3CCCCC32)CC1N1C2=C(CCCC2)C2CCCCC21. The largest absolute Gasteiger partial charge is 0.494 e. The topological polar surface area (TPSA) is 51.8 Å². The quantitative estimate of drug-likeness (QED) is 0.239. The summed E-state index contributed by atoms with van der Waals surface area (Å²) >= 11 is 2.47. The minimum Gasteiger partial charge on any atom is -0.494 e. The molecule has 0 aromatic heterocycles. The van der Waals surface area contributed by atoms with E-state index in [1.165, 1.54) is 186 Å². The number of allylic oxidation sites excluding steroid dienone is 2. The van der Waals surface area contributed by atoms with Crippen molar-refractivity contribution in [1.82, 2.24) is 25.8 Å². The second-order valence-corrected chi connectivity index (χ2v) is 24.0. The molecule has 3 N–H and O–H groups in total. The lowest BCUT2D eigenvalue weighted by Crippen LogP contribution is -2.73. The van der Waals surface area contributed by atoms with Crippen LogP contribution in [0.15, 0.2) is 34.8 Å². The predicted molar refractivity (Wildman–Crippen MR) is 243 cm³/mol. The summed E-state index contributed by atoms with van der Waals surface area (Å²) in [7, 11) is 0. The average Bonchev–Trinajstić information content (AvgIpc) is 3.84. The molecule has 6 nitrogen and oxygen atoms in total. The normalized spacial score (nSPS) is 48.1. The van der Waals surface area contributed by atoms with E-state index in [9.17, 15) is 0 Å². The van der Waals surface area contributed by atoms with Crippen LogP contribution in [0, 0.1) is 35.5 Å². The van der Waals surface area contributed by atoms with Crippen LogP contribution >= 0.6 is 11.8 Å². The van der Waals surface area contributed by atoms with Crippen molar-refractivity contribution in [2.24, 2.45) is 35.5 Å². The van der Waals surface area contributed by atoms with Crippen LogP contribution in [-0.2, 0) is 4.74 Å². The van der Waals surface area contributed by atoms with E-state index in [0.29, 0.717) is 48.3 Å². The molecule has 12 aliphatic rings. The molecule has 5 saturated carbocycles. The van der Waals surface area contributed by atoms with Gasteiger partial charge in [-0.15, -0.1) is 0 Å². The van der Waals surface area contributed by atoms with Crippen molar-refractivity contribution in [3.05, 3.63) is 34.8 Å². The number of hydrogen-bond acceptors (Lipinski definition) is 7. The number of rotatable bonds is 5. The van der Waals surface area contributed by atoms with Crippen molar-refractivity contribution in [2.75, 3.05) is 0 Å². The van der Waals surface area contributed by atoms with Gasteiger partial charge in [0.05, 0.1) is 24.3 Å². The molecule has 59 heavy (non-hydrogen) atoms. The van der Waals surface area contributed by atoms with Gasteiger partial charge in [-0.05, 0) is 145 Å². The fourth-order valence-electron chi connectivity index (χ4n) is 16.8. The van der Waals surface area contributed by atoms with Crippen molar-refractivity contribution in [3.8, 4) is 0 Å². The van der Waals surface area contributed by atoms with E-state index in [-0.39, 0.29) is 6.17 Å². The molecule has 3 saturated heterocycles. The number of fused-ring (bicyclic) bond motifs is 7. The Morgan fingerprint density at radius 2 is 1.29 bits per heavy atom. The summed E-state index contributed by atoms with van der Waals surface area (Å²) in [6.45, 7) is 2.67. The zero-order valence-corrected chi connectivity index (χ0v) is 37.8. The molecule has 16 unspecified atom stereocenters. The number of nitrogens with one attached hydrogen (secondary N) is 3.